The van der Waals surface area contributed by atoms with Crippen molar-refractivity contribution in [3.63, 3.8) is 0 Å². The van der Waals surface area contributed by atoms with Crippen molar-refractivity contribution in [2.75, 3.05) is 26.3 Å². The summed E-state index contributed by atoms with van der Waals surface area (Å²) in [5.41, 5.74) is 1.09. The second kappa shape index (κ2) is 8.97. The van der Waals surface area contributed by atoms with Crippen molar-refractivity contribution < 1.29 is 24.2 Å². The van der Waals surface area contributed by atoms with E-state index in [0.29, 0.717) is 37.3 Å². The van der Waals surface area contributed by atoms with Gasteiger partial charge in [-0.2, -0.15) is 0 Å². The number of phenols is 1. The number of nitrogens with one attached hydrogen (secondary N) is 1. The van der Waals surface area contributed by atoms with Gasteiger partial charge in [0.05, 0.1) is 25.3 Å². The summed E-state index contributed by atoms with van der Waals surface area (Å²) in [7, 11) is 0. The third-order valence-corrected chi connectivity index (χ3v) is 2.73. The zero-order valence-corrected chi connectivity index (χ0v) is 12.3. The minimum atomic E-state index is -0.419. The first-order valence-corrected chi connectivity index (χ1v) is 6.93. The molecule has 6 heteroatoms. The minimum absolute atomic E-state index is 0.0865. The molecule has 0 saturated heterocycles. The monoisotopic (exact) mass is 295 g/mol. The number of hydrogen-bond donors (Lipinski definition) is 2. The Bertz CT molecular complexity index is 487. The van der Waals surface area contributed by atoms with Crippen LogP contribution in [0.2, 0.25) is 0 Å². The minimum Gasteiger partial charge on any atom is -0.508 e. The topological polar surface area (TPSA) is 84.9 Å². The molecule has 0 aliphatic rings. The lowest BCUT2D eigenvalue weighted by molar-refractivity contribution is -0.141. The summed E-state index contributed by atoms with van der Waals surface area (Å²) in [4.78, 5) is 23.0. The zero-order chi connectivity index (χ0) is 15.7. The molecule has 0 unspecified atom stereocenters. The van der Waals surface area contributed by atoms with Crippen LogP contribution in [0.5, 0.6) is 5.75 Å². The normalized spacial score (nSPS) is 10.2. The fourth-order valence-electron chi connectivity index (χ4n) is 1.82. The van der Waals surface area contributed by atoms with Crippen molar-refractivity contribution in [2.45, 2.75) is 20.3 Å². The standard InChI is InChI=1S/C15H21NO5/c1-3-20-14(18)10-16-8-7-11-9-12(17)5-6-13(11)15(19)21-4-2/h5-6,9,16-17H,3-4,7-8,10H2,1-2H3. The fourth-order valence-corrected chi connectivity index (χ4v) is 1.82. The van der Waals surface area contributed by atoms with Gasteiger partial charge in [0, 0.05) is 0 Å². The second-order valence-corrected chi connectivity index (χ2v) is 4.29. The maximum atomic E-state index is 11.8. The van der Waals surface area contributed by atoms with Gasteiger partial charge in [-0.05, 0) is 50.6 Å². The molecule has 0 fully saturated rings. The highest BCUT2D eigenvalue weighted by Crippen LogP contribution is 2.18. The molecule has 21 heavy (non-hydrogen) atoms. The first kappa shape index (κ1) is 17.0. The summed E-state index contributed by atoms with van der Waals surface area (Å²) in [6.45, 7) is 4.71. The van der Waals surface area contributed by atoms with E-state index in [2.05, 4.69) is 5.32 Å². The molecule has 0 aromatic heterocycles. The molecule has 0 saturated carbocycles. The highest BCUT2D eigenvalue weighted by Gasteiger charge is 2.13. The van der Waals surface area contributed by atoms with Crippen LogP contribution in [-0.2, 0) is 20.7 Å². The lowest BCUT2D eigenvalue weighted by atomic mass is 10.0. The molecule has 116 valence electrons. The highest BCUT2D eigenvalue weighted by atomic mass is 16.5. The lowest BCUT2D eigenvalue weighted by Crippen LogP contribution is -2.27. The second-order valence-electron chi connectivity index (χ2n) is 4.29. The number of hydrogen-bond acceptors (Lipinski definition) is 6. The zero-order valence-electron chi connectivity index (χ0n) is 12.3. The van der Waals surface area contributed by atoms with E-state index < -0.39 is 5.97 Å². The smallest absolute Gasteiger partial charge is 0.338 e. The number of rotatable bonds is 8. The van der Waals surface area contributed by atoms with Crippen molar-refractivity contribution in [2.24, 2.45) is 0 Å². The first-order chi connectivity index (χ1) is 10.1. The predicted molar refractivity (Wildman–Crippen MR) is 77.3 cm³/mol. The lowest BCUT2D eigenvalue weighted by Gasteiger charge is -2.10. The van der Waals surface area contributed by atoms with Crippen molar-refractivity contribution >= 4 is 11.9 Å². The van der Waals surface area contributed by atoms with Gasteiger partial charge in [-0.15, -0.1) is 0 Å². The summed E-state index contributed by atoms with van der Waals surface area (Å²) in [5.74, 6) is -0.652. The number of benzene rings is 1. The molecule has 0 bridgehead atoms. The van der Waals surface area contributed by atoms with E-state index in [1.165, 1.54) is 18.2 Å². The van der Waals surface area contributed by atoms with Gasteiger partial charge < -0.3 is 19.9 Å². The molecular formula is C15H21NO5. The van der Waals surface area contributed by atoms with Crippen molar-refractivity contribution in [3.8, 4) is 5.75 Å². The quantitative estimate of drug-likeness (QED) is 0.555. The molecule has 1 rings (SSSR count). The van der Waals surface area contributed by atoms with E-state index in [-0.39, 0.29) is 18.3 Å². The Morgan fingerprint density at radius 1 is 1.19 bits per heavy atom. The summed E-state index contributed by atoms with van der Waals surface area (Å²) >= 11 is 0. The van der Waals surface area contributed by atoms with Crippen LogP contribution in [0.25, 0.3) is 0 Å². The summed E-state index contributed by atoms with van der Waals surface area (Å²) < 4.78 is 9.76. The fraction of sp³-hybridized carbons (Fsp3) is 0.467. The number of carbonyl (C=O) groups is 2. The van der Waals surface area contributed by atoms with Gasteiger partial charge in [0.2, 0.25) is 0 Å². The molecule has 2 N–H and O–H groups in total. The van der Waals surface area contributed by atoms with Gasteiger partial charge in [0.15, 0.2) is 0 Å². The van der Waals surface area contributed by atoms with Crippen LogP contribution in [0, 0.1) is 0 Å². The van der Waals surface area contributed by atoms with E-state index in [4.69, 9.17) is 9.47 Å². The first-order valence-electron chi connectivity index (χ1n) is 6.93. The van der Waals surface area contributed by atoms with E-state index in [1.54, 1.807) is 13.8 Å². The van der Waals surface area contributed by atoms with Crippen LogP contribution in [0.4, 0.5) is 0 Å². The Kier molecular flexibility index (Phi) is 7.25. The summed E-state index contributed by atoms with van der Waals surface area (Å²) in [5, 5.41) is 12.4. The molecule has 0 atom stereocenters. The Labute approximate surface area is 124 Å². The van der Waals surface area contributed by atoms with Crippen LogP contribution in [-0.4, -0.2) is 43.3 Å². The molecule has 0 spiro atoms. The summed E-state index contributed by atoms with van der Waals surface area (Å²) in [6.07, 6.45) is 0.488. The molecule has 0 aliphatic carbocycles. The van der Waals surface area contributed by atoms with E-state index in [0.717, 1.165) is 0 Å². The molecule has 0 heterocycles. The van der Waals surface area contributed by atoms with Gasteiger partial charge in [0.25, 0.3) is 0 Å². The molecule has 6 nitrogen and oxygen atoms in total. The van der Waals surface area contributed by atoms with Crippen molar-refractivity contribution in [1.82, 2.24) is 5.32 Å². The average Bonchev–Trinajstić information content (AvgIpc) is 2.44. The Hall–Kier alpha value is -2.08. The van der Waals surface area contributed by atoms with Gasteiger partial charge in [-0.1, -0.05) is 0 Å². The highest BCUT2D eigenvalue weighted by molar-refractivity contribution is 5.91. The molecule has 0 aliphatic heterocycles. The largest absolute Gasteiger partial charge is 0.508 e. The van der Waals surface area contributed by atoms with Crippen molar-refractivity contribution in [1.29, 1.82) is 0 Å². The third kappa shape index (κ3) is 5.83. The summed E-state index contributed by atoms with van der Waals surface area (Å²) in [6, 6.07) is 4.51. The van der Waals surface area contributed by atoms with Crippen LogP contribution >= 0.6 is 0 Å². The van der Waals surface area contributed by atoms with Gasteiger partial charge in [-0.3, -0.25) is 4.79 Å². The van der Waals surface area contributed by atoms with Crippen LogP contribution in [0.15, 0.2) is 18.2 Å². The third-order valence-electron chi connectivity index (χ3n) is 2.73. The van der Waals surface area contributed by atoms with E-state index in [9.17, 15) is 14.7 Å². The van der Waals surface area contributed by atoms with Crippen LogP contribution in [0.1, 0.15) is 29.8 Å². The van der Waals surface area contributed by atoms with E-state index >= 15 is 0 Å². The predicted octanol–water partition coefficient (Wildman–Crippen LogP) is 1.26. The SMILES string of the molecule is CCOC(=O)CNCCc1cc(O)ccc1C(=O)OCC. The van der Waals surface area contributed by atoms with E-state index in [1.807, 2.05) is 0 Å². The molecular weight excluding hydrogens is 274 g/mol. The number of carbonyl (C=O) groups excluding carboxylic acids is 2. The maximum Gasteiger partial charge on any atom is 0.338 e. The maximum absolute atomic E-state index is 11.8. The van der Waals surface area contributed by atoms with Crippen LogP contribution < -0.4 is 5.32 Å². The number of aromatic hydroxyl groups is 1. The van der Waals surface area contributed by atoms with Gasteiger partial charge in [-0.25, -0.2) is 4.79 Å². The van der Waals surface area contributed by atoms with Crippen molar-refractivity contribution in [3.05, 3.63) is 29.3 Å². The molecule has 1 aromatic rings. The van der Waals surface area contributed by atoms with Gasteiger partial charge in [0.1, 0.15) is 5.75 Å². The molecule has 1 aromatic carbocycles. The number of ether oxygens (including phenoxy) is 2. The van der Waals surface area contributed by atoms with Crippen LogP contribution in [0.3, 0.4) is 0 Å². The average molecular weight is 295 g/mol. The Morgan fingerprint density at radius 2 is 1.90 bits per heavy atom. The number of phenolic OH excluding ortho intramolecular Hbond substituents is 1. The molecule has 0 amide bonds. The Balaban J connectivity index is 2.59. The molecule has 0 radical (unpaired) electrons. The van der Waals surface area contributed by atoms with Gasteiger partial charge >= 0.3 is 11.9 Å². The Morgan fingerprint density at radius 3 is 2.57 bits per heavy atom. The number of esters is 2.